The smallest absolute Gasteiger partial charge is 0.137 e. The highest BCUT2D eigenvalue weighted by Gasteiger charge is 2.20. The fourth-order valence-electron chi connectivity index (χ4n) is 11.8. The molecule has 1 N–H and O–H groups in total. The second-order valence-electron chi connectivity index (χ2n) is 22.2. The summed E-state index contributed by atoms with van der Waals surface area (Å²) in [6.45, 7) is 20.9. The maximum atomic E-state index is 9.90. The van der Waals surface area contributed by atoms with Gasteiger partial charge in [0.15, 0.2) is 0 Å². The van der Waals surface area contributed by atoms with Crippen LogP contribution in [0.3, 0.4) is 0 Å². The molecule has 0 aliphatic carbocycles. The Hall–Kier alpha value is -9.84. The lowest BCUT2D eigenvalue weighted by Gasteiger charge is -2.12. The topological polar surface area (TPSA) is 101 Å². The van der Waals surface area contributed by atoms with Gasteiger partial charge in [-0.1, -0.05) is 99.9 Å². The van der Waals surface area contributed by atoms with E-state index in [1.807, 2.05) is 52.1 Å². The molecule has 0 aliphatic heterocycles. The van der Waals surface area contributed by atoms with E-state index in [-0.39, 0.29) is 5.75 Å². The van der Waals surface area contributed by atoms with Gasteiger partial charge in [-0.15, -0.1) is 0 Å². The maximum absolute atomic E-state index is 9.90. The van der Waals surface area contributed by atoms with Crippen LogP contribution in [-0.2, 0) is 0 Å². The number of hydrogen-bond donors (Lipinski definition) is 1. The van der Waals surface area contributed by atoms with Gasteiger partial charge in [0.2, 0.25) is 0 Å². The summed E-state index contributed by atoms with van der Waals surface area (Å²) in [5.41, 5.74) is 22.5. The molecule has 0 atom stereocenters. The number of aryl methyl sites for hydroxylation is 8. The number of nitrogens with zero attached hydrogens (tertiary/aromatic N) is 8. The summed E-state index contributed by atoms with van der Waals surface area (Å²) in [6, 6.07) is 66.5. The first-order valence-electron chi connectivity index (χ1n) is 28.5. The van der Waals surface area contributed by atoms with Gasteiger partial charge in [0.05, 0.1) is 44.8 Å². The van der Waals surface area contributed by atoms with Crippen LogP contribution in [0, 0.1) is 69.2 Å². The van der Waals surface area contributed by atoms with Crippen molar-refractivity contribution >= 4 is 59.5 Å². The second-order valence-corrected chi connectivity index (χ2v) is 23.1. The van der Waals surface area contributed by atoms with Gasteiger partial charge in [0, 0.05) is 79.1 Å². The molecule has 85 heavy (non-hydrogen) atoms. The van der Waals surface area contributed by atoms with Crippen molar-refractivity contribution in [2.75, 3.05) is 0 Å². The standard InChI is InChI=1S/C37H32N4O.C19H16N2O.C18H17BrN2/c1-23-11-14-34-33(19-23)32-13-12-30(22-35(32)40(34)36-20-24(2)15-16-38-36)42-31-18-25(3)17-29(21-31)41-27(5)37(26(4)39-41)28-9-7-6-8-10-28;1-12-3-6-17-16(9-12)15-5-4-14(22)11-18(15)21(17)19-10-13(2)7-8-20-19;1-12-9-16(19)11-17(10-12)21-14(3)18(13(2)20-21)15-7-5-4-6-8-15/h6-22H,1-5H3;3-11,22H,1-2H3;4-11H,1-3H3. The number of rotatable bonds is 8. The average Bonchev–Trinajstić information content (AvgIpc) is 2.18. The molecule has 0 saturated heterocycles. The summed E-state index contributed by atoms with van der Waals surface area (Å²) in [5, 5.41) is 24.2. The molecule has 6 aromatic heterocycles. The van der Waals surface area contributed by atoms with E-state index in [2.05, 4.69) is 251 Å². The second kappa shape index (κ2) is 23.1. The van der Waals surface area contributed by atoms with Gasteiger partial charge in [-0.25, -0.2) is 19.3 Å². The maximum Gasteiger partial charge on any atom is 0.137 e. The van der Waals surface area contributed by atoms with E-state index in [1.54, 1.807) is 12.1 Å². The third kappa shape index (κ3) is 11.1. The molecule has 0 unspecified atom stereocenters. The van der Waals surface area contributed by atoms with Crippen LogP contribution in [0.2, 0.25) is 0 Å². The number of aromatic nitrogens is 8. The van der Waals surface area contributed by atoms with Crippen LogP contribution in [0.5, 0.6) is 17.2 Å². The van der Waals surface area contributed by atoms with Crippen molar-refractivity contribution in [3.63, 3.8) is 0 Å². The first-order chi connectivity index (χ1) is 41.0. The molecule has 10 nitrogen and oxygen atoms in total. The van der Waals surface area contributed by atoms with E-state index in [9.17, 15) is 5.11 Å². The number of benzene rings is 8. The SMILES string of the molecule is Cc1cc(Br)cc(-n2nc(C)c(-c3ccccc3)c2C)c1.Cc1cc(Oc2ccc3c4cc(C)ccc4n(-c4cc(C)ccn4)c3c2)cc(-n2nc(C)c(-c3ccccc3)c2C)c1.Cc1ccnc(-n2c3ccc(C)cc3c3ccc(O)cc32)c1. The molecule has 0 fully saturated rings. The Morgan fingerprint density at radius 1 is 0.376 bits per heavy atom. The zero-order valence-electron chi connectivity index (χ0n) is 49.4. The van der Waals surface area contributed by atoms with Crippen LogP contribution in [0.15, 0.2) is 211 Å². The Morgan fingerprint density at radius 3 is 1.35 bits per heavy atom. The molecule has 11 heteroatoms. The van der Waals surface area contributed by atoms with E-state index in [1.165, 1.54) is 55.1 Å². The molecule has 420 valence electrons. The van der Waals surface area contributed by atoms with Crippen molar-refractivity contribution in [2.45, 2.75) is 69.2 Å². The lowest BCUT2D eigenvalue weighted by molar-refractivity contribution is 0.476. The monoisotopic (exact) mass is 1180 g/mol. The van der Waals surface area contributed by atoms with Crippen LogP contribution in [-0.4, -0.2) is 43.8 Å². The molecule has 14 rings (SSSR count). The highest BCUT2D eigenvalue weighted by atomic mass is 79.9. The molecular formula is C74H65BrN8O2. The molecule has 0 bridgehead atoms. The molecular weight excluding hydrogens is 1110 g/mol. The van der Waals surface area contributed by atoms with Crippen LogP contribution in [0.1, 0.15) is 56.2 Å². The summed E-state index contributed by atoms with van der Waals surface area (Å²) in [6.07, 6.45) is 3.69. The molecule has 6 heterocycles. The number of phenols is 1. The van der Waals surface area contributed by atoms with E-state index in [0.717, 1.165) is 106 Å². The van der Waals surface area contributed by atoms with Gasteiger partial charge in [-0.05, 0) is 206 Å². The molecule has 0 saturated carbocycles. The van der Waals surface area contributed by atoms with Crippen LogP contribution < -0.4 is 4.74 Å². The molecule has 0 aliphatic rings. The predicted octanol–water partition coefficient (Wildman–Crippen LogP) is 19.1. The first-order valence-corrected chi connectivity index (χ1v) is 29.3. The van der Waals surface area contributed by atoms with Gasteiger partial charge in [0.1, 0.15) is 28.9 Å². The highest BCUT2D eigenvalue weighted by Crippen LogP contribution is 2.38. The number of pyridine rings is 2. The Kier molecular flexibility index (Phi) is 15.1. The van der Waals surface area contributed by atoms with E-state index >= 15 is 0 Å². The quantitative estimate of drug-likeness (QED) is 0.163. The minimum atomic E-state index is 0.265. The average molecular weight is 1180 g/mol. The zero-order chi connectivity index (χ0) is 59.2. The Labute approximate surface area is 504 Å². The molecule has 0 amide bonds. The van der Waals surface area contributed by atoms with Crippen LogP contribution in [0.4, 0.5) is 0 Å². The summed E-state index contributed by atoms with van der Waals surface area (Å²) < 4.78 is 16.0. The lowest BCUT2D eigenvalue weighted by atomic mass is 10.0. The molecule has 14 aromatic rings. The van der Waals surface area contributed by atoms with Crippen molar-refractivity contribution in [2.24, 2.45) is 0 Å². The first kappa shape index (κ1) is 55.7. The summed E-state index contributed by atoms with van der Waals surface area (Å²) >= 11 is 3.56. The minimum absolute atomic E-state index is 0.265. The van der Waals surface area contributed by atoms with Crippen molar-refractivity contribution in [3.05, 3.63) is 267 Å². The van der Waals surface area contributed by atoms with Crippen LogP contribution >= 0.6 is 15.9 Å². The Morgan fingerprint density at radius 2 is 0.847 bits per heavy atom. The largest absolute Gasteiger partial charge is 0.508 e. The molecule has 8 aromatic carbocycles. The number of ether oxygens (including phenoxy) is 1. The summed E-state index contributed by atoms with van der Waals surface area (Å²) in [5.74, 6) is 3.57. The predicted molar refractivity (Wildman–Crippen MR) is 352 cm³/mol. The minimum Gasteiger partial charge on any atom is -0.508 e. The van der Waals surface area contributed by atoms with Gasteiger partial charge in [-0.3, -0.25) is 9.13 Å². The fraction of sp³-hybridized carbons (Fsp3) is 0.135. The van der Waals surface area contributed by atoms with E-state index in [4.69, 9.17) is 19.9 Å². The number of halogens is 1. The third-order valence-electron chi connectivity index (χ3n) is 15.6. The third-order valence-corrected chi connectivity index (χ3v) is 16.0. The molecule has 0 spiro atoms. The van der Waals surface area contributed by atoms with Gasteiger partial charge in [0.25, 0.3) is 0 Å². The fourth-order valence-corrected chi connectivity index (χ4v) is 12.4. The number of aromatic hydroxyl groups is 1. The van der Waals surface area contributed by atoms with Crippen LogP contribution in [0.25, 0.3) is 88.9 Å². The zero-order valence-corrected chi connectivity index (χ0v) is 51.0. The molecule has 0 radical (unpaired) electrons. The normalized spacial score (nSPS) is 11.3. The van der Waals surface area contributed by atoms with Crippen molar-refractivity contribution in [1.29, 1.82) is 0 Å². The number of phenolic OH excluding ortho intramolecular Hbond substituents is 1. The summed E-state index contributed by atoms with van der Waals surface area (Å²) in [4.78, 5) is 9.24. The van der Waals surface area contributed by atoms with Crippen molar-refractivity contribution in [1.82, 2.24) is 38.7 Å². The highest BCUT2D eigenvalue weighted by molar-refractivity contribution is 9.10. The lowest BCUT2D eigenvalue weighted by Crippen LogP contribution is -2.00. The van der Waals surface area contributed by atoms with Crippen molar-refractivity contribution < 1.29 is 9.84 Å². The number of fused-ring (bicyclic) bond motifs is 6. The summed E-state index contributed by atoms with van der Waals surface area (Å²) in [7, 11) is 0. The van der Waals surface area contributed by atoms with Gasteiger partial charge >= 0.3 is 0 Å². The van der Waals surface area contributed by atoms with Gasteiger partial charge in [-0.2, -0.15) is 10.2 Å². The van der Waals surface area contributed by atoms with E-state index in [0.29, 0.717) is 0 Å². The van der Waals surface area contributed by atoms with Gasteiger partial charge < -0.3 is 9.84 Å². The van der Waals surface area contributed by atoms with E-state index < -0.39 is 0 Å². The Bertz CT molecular complexity index is 4820. The Balaban J connectivity index is 0.000000138. The number of hydrogen-bond acceptors (Lipinski definition) is 6. The van der Waals surface area contributed by atoms with Crippen molar-refractivity contribution in [3.8, 4) is 62.5 Å².